The van der Waals surface area contributed by atoms with Crippen molar-refractivity contribution in [3.05, 3.63) is 34.9 Å². The summed E-state index contributed by atoms with van der Waals surface area (Å²) >= 11 is 0. The van der Waals surface area contributed by atoms with Crippen LogP contribution in [0.4, 0.5) is 0 Å². The van der Waals surface area contributed by atoms with Crippen molar-refractivity contribution in [2.24, 2.45) is 11.8 Å². The van der Waals surface area contributed by atoms with Crippen LogP contribution in [0.5, 0.6) is 0 Å². The average Bonchev–Trinajstić information content (AvgIpc) is 2.49. The fourth-order valence-corrected chi connectivity index (χ4v) is 3.36. The molecule has 1 aromatic carbocycles. The highest BCUT2D eigenvalue weighted by Crippen LogP contribution is 2.31. The van der Waals surface area contributed by atoms with E-state index in [0.29, 0.717) is 12.8 Å². The van der Waals surface area contributed by atoms with Crippen LogP contribution in [0.3, 0.4) is 0 Å². The molecule has 2 N–H and O–H groups in total. The van der Waals surface area contributed by atoms with Crippen molar-refractivity contribution in [3.63, 3.8) is 0 Å². The smallest absolute Gasteiger partial charge is 0.307 e. The molecule has 1 amide bonds. The van der Waals surface area contributed by atoms with Gasteiger partial charge in [-0.3, -0.25) is 9.59 Å². The van der Waals surface area contributed by atoms with Gasteiger partial charge in [0.05, 0.1) is 17.9 Å². The number of hydrogen-bond donors (Lipinski definition) is 2. The standard InChI is InChI=1S/C18H25NO3/c1-11-8-9-12(2)16(10-11)13(3)19-17(20)14-6-4-5-7-15(14)18(21)22/h8-10,13-15H,4-7H2,1-3H3,(H,19,20)(H,21,22). The summed E-state index contributed by atoms with van der Waals surface area (Å²) in [5, 5.41) is 12.3. The molecule has 4 heteroatoms. The van der Waals surface area contributed by atoms with Crippen molar-refractivity contribution in [3.8, 4) is 0 Å². The van der Waals surface area contributed by atoms with Crippen LogP contribution >= 0.6 is 0 Å². The number of aryl methyl sites for hydroxylation is 2. The largest absolute Gasteiger partial charge is 0.481 e. The number of aliphatic carboxylic acids is 1. The predicted octanol–water partition coefficient (Wildman–Crippen LogP) is 3.37. The first-order valence-corrected chi connectivity index (χ1v) is 8.00. The van der Waals surface area contributed by atoms with Gasteiger partial charge < -0.3 is 10.4 Å². The van der Waals surface area contributed by atoms with Crippen molar-refractivity contribution in [2.75, 3.05) is 0 Å². The minimum Gasteiger partial charge on any atom is -0.481 e. The van der Waals surface area contributed by atoms with Crippen LogP contribution in [0.2, 0.25) is 0 Å². The molecule has 1 aliphatic rings. The van der Waals surface area contributed by atoms with Crippen LogP contribution in [0.15, 0.2) is 18.2 Å². The van der Waals surface area contributed by atoms with E-state index in [-0.39, 0.29) is 11.9 Å². The molecule has 22 heavy (non-hydrogen) atoms. The van der Waals surface area contributed by atoms with E-state index in [1.807, 2.05) is 26.8 Å². The first-order valence-electron chi connectivity index (χ1n) is 8.00. The van der Waals surface area contributed by atoms with E-state index < -0.39 is 17.8 Å². The van der Waals surface area contributed by atoms with Crippen molar-refractivity contribution in [1.29, 1.82) is 0 Å². The second-order valence-corrected chi connectivity index (χ2v) is 6.43. The number of amides is 1. The minimum atomic E-state index is -0.848. The predicted molar refractivity (Wildman–Crippen MR) is 85.6 cm³/mol. The van der Waals surface area contributed by atoms with E-state index in [4.69, 9.17) is 0 Å². The fourth-order valence-electron chi connectivity index (χ4n) is 3.36. The monoisotopic (exact) mass is 303 g/mol. The van der Waals surface area contributed by atoms with Crippen molar-refractivity contribution in [2.45, 2.75) is 52.5 Å². The Labute approximate surface area is 131 Å². The van der Waals surface area contributed by atoms with Crippen LogP contribution in [0.1, 0.15) is 55.3 Å². The van der Waals surface area contributed by atoms with Gasteiger partial charge in [0.2, 0.25) is 5.91 Å². The molecule has 1 fully saturated rings. The summed E-state index contributed by atoms with van der Waals surface area (Å²) < 4.78 is 0. The number of hydrogen-bond acceptors (Lipinski definition) is 2. The van der Waals surface area contributed by atoms with E-state index >= 15 is 0 Å². The van der Waals surface area contributed by atoms with E-state index in [0.717, 1.165) is 29.5 Å². The van der Waals surface area contributed by atoms with Gasteiger partial charge >= 0.3 is 5.97 Å². The number of nitrogens with one attached hydrogen (secondary N) is 1. The van der Waals surface area contributed by atoms with Gasteiger partial charge in [-0.15, -0.1) is 0 Å². The average molecular weight is 303 g/mol. The lowest BCUT2D eigenvalue weighted by Crippen LogP contribution is -2.40. The van der Waals surface area contributed by atoms with Crippen LogP contribution < -0.4 is 5.32 Å². The lowest BCUT2D eigenvalue weighted by atomic mass is 9.78. The summed E-state index contributed by atoms with van der Waals surface area (Å²) in [6.07, 6.45) is 3.10. The van der Waals surface area contributed by atoms with E-state index in [1.54, 1.807) is 0 Å². The first kappa shape index (κ1) is 16.5. The maximum atomic E-state index is 12.5. The lowest BCUT2D eigenvalue weighted by Gasteiger charge is -2.29. The highest BCUT2D eigenvalue weighted by Gasteiger charge is 2.36. The summed E-state index contributed by atoms with van der Waals surface area (Å²) in [5.74, 6) is -1.92. The van der Waals surface area contributed by atoms with Gasteiger partial charge in [-0.25, -0.2) is 0 Å². The number of carbonyl (C=O) groups excluding carboxylic acids is 1. The number of rotatable bonds is 4. The van der Waals surface area contributed by atoms with Crippen LogP contribution in [0.25, 0.3) is 0 Å². The maximum absolute atomic E-state index is 12.5. The van der Waals surface area contributed by atoms with Gasteiger partial charge in [0.15, 0.2) is 0 Å². The van der Waals surface area contributed by atoms with Gasteiger partial charge in [0.1, 0.15) is 0 Å². The quantitative estimate of drug-likeness (QED) is 0.896. The zero-order valence-corrected chi connectivity index (χ0v) is 13.6. The molecule has 0 bridgehead atoms. The molecule has 0 aliphatic heterocycles. The third-order valence-corrected chi connectivity index (χ3v) is 4.68. The van der Waals surface area contributed by atoms with E-state index in [9.17, 15) is 14.7 Å². The minimum absolute atomic E-state index is 0.108. The van der Waals surface area contributed by atoms with Gasteiger partial charge in [-0.05, 0) is 44.7 Å². The first-order chi connectivity index (χ1) is 10.4. The molecule has 0 spiro atoms. The number of carboxylic acid groups (broad SMARTS) is 1. The highest BCUT2D eigenvalue weighted by molar-refractivity contribution is 5.85. The number of carboxylic acids is 1. The number of carbonyl (C=O) groups is 2. The molecular weight excluding hydrogens is 278 g/mol. The Morgan fingerprint density at radius 2 is 1.82 bits per heavy atom. The molecule has 2 rings (SSSR count). The second kappa shape index (κ2) is 6.95. The van der Waals surface area contributed by atoms with E-state index in [1.165, 1.54) is 0 Å². The van der Waals surface area contributed by atoms with Crippen molar-refractivity contribution >= 4 is 11.9 Å². The highest BCUT2D eigenvalue weighted by atomic mass is 16.4. The molecule has 0 saturated heterocycles. The molecule has 3 atom stereocenters. The van der Waals surface area contributed by atoms with Gasteiger partial charge in [0.25, 0.3) is 0 Å². The summed E-state index contributed by atoms with van der Waals surface area (Å²) in [5.41, 5.74) is 3.38. The van der Waals surface area contributed by atoms with Crippen molar-refractivity contribution < 1.29 is 14.7 Å². The fraction of sp³-hybridized carbons (Fsp3) is 0.556. The zero-order chi connectivity index (χ0) is 16.3. The second-order valence-electron chi connectivity index (χ2n) is 6.43. The molecule has 0 aromatic heterocycles. The molecule has 0 heterocycles. The third-order valence-electron chi connectivity index (χ3n) is 4.68. The molecule has 120 valence electrons. The Kier molecular flexibility index (Phi) is 5.22. The maximum Gasteiger partial charge on any atom is 0.307 e. The van der Waals surface area contributed by atoms with Crippen molar-refractivity contribution in [1.82, 2.24) is 5.32 Å². The van der Waals surface area contributed by atoms with Crippen LogP contribution in [-0.2, 0) is 9.59 Å². The molecule has 1 saturated carbocycles. The van der Waals surface area contributed by atoms with Gasteiger partial charge in [-0.2, -0.15) is 0 Å². The van der Waals surface area contributed by atoms with E-state index in [2.05, 4.69) is 17.4 Å². The molecule has 4 nitrogen and oxygen atoms in total. The SMILES string of the molecule is Cc1ccc(C)c(C(C)NC(=O)C2CCCCC2C(=O)O)c1. The Hall–Kier alpha value is -1.84. The summed E-state index contributed by atoms with van der Waals surface area (Å²) in [6.45, 7) is 6.01. The Morgan fingerprint density at radius 3 is 2.45 bits per heavy atom. The summed E-state index contributed by atoms with van der Waals surface area (Å²) in [6, 6.07) is 6.07. The Balaban J connectivity index is 2.10. The van der Waals surface area contributed by atoms with Gasteiger partial charge in [0, 0.05) is 0 Å². The zero-order valence-electron chi connectivity index (χ0n) is 13.6. The molecule has 0 radical (unpaired) electrons. The van der Waals surface area contributed by atoms with Crippen LogP contribution in [-0.4, -0.2) is 17.0 Å². The molecule has 1 aliphatic carbocycles. The summed E-state index contributed by atoms with van der Waals surface area (Å²) in [7, 11) is 0. The summed E-state index contributed by atoms with van der Waals surface area (Å²) in [4.78, 5) is 23.9. The lowest BCUT2D eigenvalue weighted by molar-refractivity contribution is -0.149. The molecule has 1 aromatic rings. The van der Waals surface area contributed by atoms with Gasteiger partial charge in [-0.1, -0.05) is 36.6 Å². The van der Waals surface area contributed by atoms with Crippen LogP contribution in [0, 0.1) is 25.7 Å². The normalized spacial score (nSPS) is 22.9. The third kappa shape index (κ3) is 3.67. The topological polar surface area (TPSA) is 66.4 Å². The Bertz CT molecular complexity index is 567. The number of benzene rings is 1. The molecule has 3 unspecified atom stereocenters. The molecular formula is C18H25NO3. The Morgan fingerprint density at radius 1 is 1.18 bits per heavy atom.